The average molecular weight is 259 g/mol. The van der Waals surface area contributed by atoms with E-state index in [9.17, 15) is 4.79 Å². The Hall–Kier alpha value is -1.07. The van der Waals surface area contributed by atoms with Crippen molar-refractivity contribution < 1.29 is 4.79 Å². The molecule has 1 saturated carbocycles. The summed E-state index contributed by atoms with van der Waals surface area (Å²) in [5.74, 6) is -0.0827. The van der Waals surface area contributed by atoms with E-state index >= 15 is 0 Å². The fourth-order valence-electron chi connectivity index (χ4n) is 2.09. The minimum absolute atomic E-state index is 0. The van der Waals surface area contributed by atoms with E-state index < -0.39 is 5.54 Å². The molecule has 0 saturated heterocycles. The zero-order valence-corrected chi connectivity index (χ0v) is 10.8. The lowest BCUT2D eigenvalue weighted by Crippen LogP contribution is -2.48. The number of aryl methyl sites for hydroxylation is 1. The Balaban J connectivity index is 0.00000144. The number of rotatable bonds is 3. The maximum atomic E-state index is 12.0. The SMILES string of the molecule is CCn1cc(NC(=O)C2(N)CCCC2)cn1.Cl. The number of hydrogen-bond acceptors (Lipinski definition) is 3. The van der Waals surface area contributed by atoms with Crippen molar-refractivity contribution in [3.8, 4) is 0 Å². The van der Waals surface area contributed by atoms with Crippen LogP contribution in [-0.2, 0) is 11.3 Å². The minimum Gasteiger partial charge on any atom is -0.322 e. The lowest BCUT2D eigenvalue weighted by molar-refractivity contribution is -0.121. The molecule has 1 aliphatic rings. The Morgan fingerprint density at radius 3 is 2.76 bits per heavy atom. The molecule has 0 aliphatic heterocycles. The van der Waals surface area contributed by atoms with Crippen LogP contribution < -0.4 is 11.1 Å². The summed E-state index contributed by atoms with van der Waals surface area (Å²) in [5, 5.41) is 6.93. The van der Waals surface area contributed by atoms with Crippen LogP contribution in [0.1, 0.15) is 32.6 Å². The van der Waals surface area contributed by atoms with Gasteiger partial charge in [-0.2, -0.15) is 5.10 Å². The van der Waals surface area contributed by atoms with Crippen LogP contribution in [0.25, 0.3) is 0 Å². The molecule has 0 aromatic carbocycles. The van der Waals surface area contributed by atoms with Crippen molar-refractivity contribution >= 4 is 24.0 Å². The highest BCUT2D eigenvalue weighted by atomic mass is 35.5. The van der Waals surface area contributed by atoms with Crippen molar-refractivity contribution in [1.29, 1.82) is 0 Å². The van der Waals surface area contributed by atoms with Gasteiger partial charge >= 0.3 is 0 Å². The van der Waals surface area contributed by atoms with Crippen LogP contribution in [0.2, 0.25) is 0 Å². The van der Waals surface area contributed by atoms with Crippen LogP contribution in [0.3, 0.4) is 0 Å². The number of carbonyl (C=O) groups excluding carboxylic acids is 1. The maximum Gasteiger partial charge on any atom is 0.244 e. The third kappa shape index (κ3) is 2.98. The number of amides is 1. The van der Waals surface area contributed by atoms with Gasteiger partial charge < -0.3 is 11.1 Å². The van der Waals surface area contributed by atoms with Crippen LogP contribution in [0, 0.1) is 0 Å². The monoisotopic (exact) mass is 258 g/mol. The van der Waals surface area contributed by atoms with E-state index in [1.54, 1.807) is 10.9 Å². The number of nitrogens with zero attached hydrogens (tertiary/aromatic N) is 2. The van der Waals surface area contributed by atoms with E-state index in [0.717, 1.165) is 37.9 Å². The van der Waals surface area contributed by atoms with Gasteiger partial charge in [0.25, 0.3) is 0 Å². The van der Waals surface area contributed by atoms with E-state index in [0.29, 0.717) is 0 Å². The molecule has 3 N–H and O–H groups in total. The fourth-order valence-corrected chi connectivity index (χ4v) is 2.09. The molecule has 2 rings (SSSR count). The topological polar surface area (TPSA) is 72.9 Å². The van der Waals surface area contributed by atoms with Crippen molar-refractivity contribution in [2.75, 3.05) is 5.32 Å². The number of carbonyl (C=O) groups is 1. The molecule has 1 heterocycles. The van der Waals surface area contributed by atoms with Gasteiger partial charge in [0.05, 0.1) is 17.4 Å². The number of aromatic nitrogens is 2. The quantitative estimate of drug-likeness (QED) is 0.864. The highest BCUT2D eigenvalue weighted by molar-refractivity contribution is 5.97. The van der Waals surface area contributed by atoms with Crippen molar-refractivity contribution in [3.63, 3.8) is 0 Å². The first kappa shape index (κ1) is 14.0. The molecule has 96 valence electrons. The standard InChI is InChI=1S/C11H18N4O.ClH/c1-2-15-8-9(7-13-15)14-10(16)11(12)5-3-4-6-11;/h7-8H,2-6,12H2,1H3,(H,14,16);1H. The Morgan fingerprint density at radius 1 is 1.59 bits per heavy atom. The molecule has 5 nitrogen and oxygen atoms in total. The molecule has 1 aromatic rings. The van der Waals surface area contributed by atoms with Gasteiger partial charge in [-0.15, -0.1) is 12.4 Å². The van der Waals surface area contributed by atoms with Gasteiger partial charge in [0.1, 0.15) is 0 Å². The van der Waals surface area contributed by atoms with Gasteiger partial charge in [0, 0.05) is 12.7 Å². The van der Waals surface area contributed by atoms with Crippen LogP contribution in [-0.4, -0.2) is 21.2 Å². The van der Waals surface area contributed by atoms with Crippen molar-refractivity contribution in [2.24, 2.45) is 5.73 Å². The molecular formula is C11H19ClN4O. The first-order valence-electron chi connectivity index (χ1n) is 5.77. The second-order valence-corrected chi connectivity index (χ2v) is 4.40. The van der Waals surface area contributed by atoms with Gasteiger partial charge in [-0.05, 0) is 19.8 Å². The number of halogens is 1. The normalized spacial score (nSPS) is 17.5. The molecule has 1 aliphatic carbocycles. The molecule has 17 heavy (non-hydrogen) atoms. The smallest absolute Gasteiger partial charge is 0.244 e. The van der Waals surface area contributed by atoms with E-state index in [1.807, 2.05) is 13.1 Å². The number of nitrogens with two attached hydrogens (primary N) is 1. The zero-order valence-electron chi connectivity index (χ0n) is 9.98. The molecule has 0 atom stereocenters. The van der Waals surface area contributed by atoms with E-state index in [2.05, 4.69) is 10.4 Å². The van der Waals surface area contributed by atoms with Crippen LogP contribution in [0.15, 0.2) is 12.4 Å². The second-order valence-electron chi connectivity index (χ2n) is 4.40. The maximum absolute atomic E-state index is 12.0. The van der Waals surface area contributed by atoms with Crippen LogP contribution in [0.4, 0.5) is 5.69 Å². The van der Waals surface area contributed by atoms with Crippen molar-refractivity contribution in [1.82, 2.24) is 9.78 Å². The first-order chi connectivity index (χ1) is 7.64. The zero-order chi connectivity index (χ0) is 11.6. The number of anilines is 1. The van der Waals surface area contributed by atoms with E-state index in [-0.39, 0.29) is 18.3 Å². The van der Waals surface area contributed by atoms with Crippen molar-refractivity contribution in [3.05, 3.63) is 12.4 Å². The Morgan fingerprint density at radius 2 is 2.24 bits per heavy atom. The van der Waals surface area contributed by atoms with Gasteiger partial charge in [-0.25, -0.2) is 0 Å². The summed E-state index contributed by atoms with van der Waals surface area (Å²) in [6.07, 6.45) is 7.10. The molecule has 0 radical (unpaired) electrons. The minimum atomic E-state index is -0.672. The van der Waals surface area contributed by atoms with E-state index in [1.165, 1.54) is 0 Å². The Kier molecular flexibility index (Phi) is 4.54. The average Bonchev–Trinajstić information content (AvgIpc) is 2.88. The summed E-state index contributed by atoms with van der Waals surface area (Å²) < 4.78 is 1.77. The van der Waals surface area contributed by atoms with Crippen LogP contribution in [0.5, 0.6) is 0 Å². The second kappa shape index (κ2) is 5.51. The number of hydrogen-bond donors (Lipinski definition) is 2. The molecule has 0 spiro atoms. The van der Waals surface area contributed by atoms with Gasteiger partial charge in [-0.3, -0.25) is 9.48 Å². The van der Waals surface area contributed by atoms with Gasteiger partial charge in [0.2, 0.25) is 5.91 Å². The summed E-state index contributed by atoms with van der Waals surface area (Å²) in [4.78, 5) is 12.0. The molecular weight excluding hydrogens is 240 g/mol. The predicted octanol–water partition coefficient (Wildman–Crippen LogP) is 1.53. The molecule has 1 fully saturated rings. The molecule has 1 aromatic heterocycles. The lowest BCUT2D eigenvalue weighted by atomic mass is 9.98. The summed E-state index contributed by atoms with van der Waals surface area (Å²) in [5.41, 5.74) is 6.10. The molecule has 1 amide bonds. The lowest BCUT2D eigenvalue weighted by Gasteiger charge is -2.21. The number of nitrogens with one attached hydrogen (secondary N) is 1. The predicted molar refractivity (Wildman–Crippen MR) is 69.2 cm³/mol. The molecule has 0 bridgehead atoms. The first-order valence-corrected chi connectivity index (χ1v) is 5.77. The van der Waals surface area contributed by atoms with E-state index in [4.69, 9.17) is 5.73 Å². The van der Waals surface area contributed by atoms with Crippen molar-refractivity contribution in [2.45, 2.75) is 44.7 Å². The summed E-state index contributed by atoms with van der Waals surface area (Å²) in [6.45, 7) is 2.80. The largest absolute Gasteiger partial charge is 0.322 e. The fraction of sp³-hybridized carbons (Fsp3) is 0.636. The molecule has 6 heteroatoms. The highest BCUT2D eigenvalue weighted by Gasteiger charge is 2.37. The Labute approximate surface area is 107 Å². The van der Waals surface area contributed by atoms with Gasteiger partial charge in [-0.1, -0.05) is 12.8 Å². The third-order valence-corrected chi connectivity index (χ3v) is 3.16. The summed E-state index contributed by atoms with van der Waals surface area (Å²) in [7, 11) is 0. The Bertz CT molecular complexity index is 385. The highest BCUT2D eigenvalue weighted by Crippen LogP contribution is 2.28. The van der Waals surface area contributed by atoms with Crippen LogP contribution >= 0.6 is 12.4 Å². The summed E-state index contributed by atoms with van der Waals surface area (Å²) in [6, 6.07) is 0. The summed E-state index contributed by atoms with van der Waals surface area (Å²) >= 11 is 0. The third-order valence-electron chi connectivity index (χ3n) is 3.16. The van der Waals surface area contributed by atoms with Gasteiger partial charge in [0.15, 0.2) is 0 Å². The molecule has 0 unspecified atom stereocenters.